The Morgan fingerprint density at radius 1 is 0.583 bits per heavy atom. The summed E-state index contributed by atoms with van der Waals surface area (Å²) in [6, 6.07) is -0.315. The Balaban J connectivity index is -0.0000000628. The van der Waals surface area contributed by atoms with Gasteiger partial charge in [-0.25, -0.2) is 0 Å². The fourth-order valence-electron chi connectivity index (χ4n) is 0.816. The minimum Gasteiger partial charge on any atom is -0.385 e. The second-order valence-electron chi connectivity index (χ2n) is 4.29. The Kier molecular flexibility index (Phi) is 75.2. The Hall–Kier alpha value is 1.40. The van der Waals surface area contributed by atoms with Gasteiger partial charge in [0.2, 0.25) is 0 Å². The van der Waals surface area contributed by atoms with Crippen molar-refractivity contribution < 1.29 is 18.9 Å². The van der Waals surface area contributed by atoms with E-state index in [9.17, 15) is 0 Å². The Labute approximate surface area is 166 Å². The molecule has 4 nitrogen and oxygen atoms in total. The highest BCUT2D eigenvalue weighted by Gasteiger charge is 1.69. The number of methoxy groups -OCH3 is 4. The SMILES string of the molecule is CCCOC.CCCOC.CCCOC.CCCOC.PP(S)S. The average molecular weight is 427 g/mol. The molecule has 0 aromatic rings. The summed E-state index contributed by atoms with van der Waals surface area (Å²) in [5.74, 6) is 0. The summed E-state index contributed by atoms with van der Waals surface area (Å²) in [6.45, 7) is 11.9. The lowest BCUT2D eigenvalue weighted by Gasteiger charge is -1.84. The summed E-state index contributed by atoms with van der Waals surface area (Å²) >= 11 is 7.72. The number of thiol groups is 2. The van der Waals surface area contributed by atoms with E-state index >= 15 is 0 Å². The summed E-state index contributed by atoms with van der Waals surface area (Å²) in [5, 5.41) is 0. The largest absolute Gasteiger partial charge is 0.385 e. The van der Waals surface area contributed by atoms with Crippen molar-refractivity contribution in [3.05, 3.63) is 0 Å². The van der Waals surface area contributed by atoms with E-state index in [0.29, 0.717) is 0 Å². The van der Waals surface area contributed by atoms with Crippen LogP contribution in [0.5, 0.6) is 0 Å². The number of hydrogen-bond acceptors (Lipinski definition) is 6. The van der Waals surface area contributed by atoms with Crippen LogP contribution in [0.25, 0.3) is 0 Å². The van der Waals surface area contributed by atoms with Gasteiger partial charge in [-0.1, -0.05) is 36.6 Å². The molecule has 0 saturated carbocycles. The van der Waals surface area contributed by atoms with Crippen molar-refractivity contribution in [1.29, 1.82) is 0 Å². The molecule has 0 saturated heterocycles. The number of hydrogen-bond donors (Lipinski definition) is 2. The molecule has 0 radical (unpaired) electrons. The normalized spacial score (nSPS) is 8.50. The zero-order chi connectivity index (χ0) is 20.1. The second kappa shape index (κ2) is 49.7. The first-order chi connectivity index (χ1) is 11.4. The third-order valence-corrected chi connectivity index (χ3v) is 1.63. The van der Waals surface area contributed by atoms with E-state index in [1.807, 2.05) is 0 Å². The van der Waals surface area contributed by atoms with Crippen molar-refractivity contribution in [2.75, 3.05) is 54.9 Å². The second-order valence-corrected chi connectivity index (χ2v) is 12.6. The fraction of sp³-hybridized carbons (Fsp3) is 1.00. The van der Waals surface area contributed by atoms with Crippen LogP contribution in [-0.2, 0) is 18.9 Å². The fourth-order valence-corrected chi connectivity index (χ4v) is 0.816. The van der Waals surface area contributed by atoms with Gasteiger partial charge < -0.3 is 18.9 Å². The van der Waals surface area contributed by atoms with E-state index in [2.05, 4.69) is 61.1 Å². The lowest BCUT2D eigenvalue weighted by Crippen LogP contribution is -1.80. The molecule has 0 fully saturated rings. The minimum absolute atomic E-state index is 0.315. The topological polar surface area (TPSA) is 36.9 Å². The summed E-state index contributed by atoms with van der Waals surface area (Å²) in [4.78, 5) is 0. The molecule has 154 valence electrons. The van der Waals surface area contributed by atoms with Crippen LogP contribution >= 0.6 is 39.4 Å². The first-order valence-corrected chi connectivity index (χ1v) is 13.5. The van der Waals surface area contributed by atoms with Gasteiger partial charge in [-0.3, -0.25) is 0 Å². The molecule has 0 aliphatic carbocycles. The third-order valence-electron chi connectivity index (χ3n) is 1.63. The van der Waals surface area contributed by atoms with Crippen molar-refractivity contribution >= 4 is 39.4 Å². The van der Waals surface area contributed by atoms with E-state index in [1.54, 1.807) is 28.4 Å². The Bertz CT molecular complexity index is 114. The third kappa shape index (κ3) is 133. The quantitative estimate of drug-likeness (QED) is 0.362. The van der Waals surface area contributed by atoms with E-state index in [-0.39, 0.29) is 6.01 Å². The van der Waals surface area contributed by atoms with Crippen LogP contribution in [0.1, 0.15) is 53.4 Å². The van der Waals surface area contributed by atoms with Crippen LogP contribution in [-0.4, -0.2) is 54.9 Å². The monoisotopic (exact) mass is 426 g/mol. The molecule has 1 unspecified atom stereocenters. The summed E-state index contributed by atoms with van der Waals surface area (Å²) in [6.07, 6.45) is 4.49. The van der Waals surface area contributed by atoms with Crippen LogP contribution in [0.3, 0.4) is 0 Å². The van der Waals surface area contributed by atoms with Crippen molar-refractivity contribution in [3.8, 4) is 0 Å². The molecule has 0 heterocycles. The van der Waals surface area contributed by atoms with Gasteiger partial charge in [-0.05, 0) is 25.7 Å². The summed E-state index contributed by atoms with van der Waals surface area (Å²) < 4.78 is 18.8. The Morgan fingerprint density at radius 3 is 0.708 bits per heavy atom. The predicted octanol–water partition coefficient (Wildman–Crippen LogP) is 6.12. The molecule has 0 aliphatic rings. The molecule has 0 spiro atoms. The van der Waals surface area contributed by atoms with Crippen LogP contribution < -0.4 is 0 Å². The molecule has 8 heteroatoms. The van der Waals surface area contributed by atoms with Crippen molar-refractivity contribution in [1.82, 2.24) is 0 Å². The minimum atomic E-state index is -0.315. The van der Waals surface area contributed by atoms with E-state index < -0.39 is 0 Å². The maximum absolute atomic E-state index is 4.69. The lowest BCUT2D eigenvalue weighted by molar-refractivity contribution is 0.199. The summed E-state index contributed by atoms with van der Waals surface area (Å²) in [5.41, 5.74) is 0. The van der Waals surface area contributed by atoms with Gasteiger partial charge in [0.1, 0.15) is 0 Å². The smallest absolute Gasteiger partial charge is 0.0459 e. The van der Waals surface area contributed by atoms with Crippen molar-refractivity contribution in [3.63, 3.8) is 0 Å². The number of ether oxygens (including phenoxy) is 4. The first kappa shape index (κ1) is 36.3. The van der Waals surface area contributed by atoms with Gasteiger partial charge in [0.05, 0.1) is 0 Å². The first-order valence-electron chi connectivity index (χ1n) is 8.27. The molecule has 0 aromatic carbocycles. The standard InChI is InChI=1S/4C4H10O.H4P2S2/c4*1-3-4-5-2;1-2(3)4/h4*3-4H2,1-2H3;3-4H,1H2. The van der Waals surface area contributed by atoms with Gasteiger partial charge in [0.25, 0.3) is 0 Å². The predicted molar refractivity (Wildman–Crippen MR) is 123 cm³/mol. The summed E-state index contributed by atoms with van der Waals surface area (Å²) in [7, 11) is 9.30. The molecule has 0 bridgehead atoms. The molecule has 0 N–H and O–H groups in total. The number of rotatable bonds is 8. The highest BCUT2D eigenvalue weighted by molar-refractivity contribution is 8.92. The molecule has 0 aliphatic heterocycles. The maximum Gasteiger partial charge on any atom is 0.0459 e. The van der Waals surface area contributed by atoms with Gasteiger partial charge >= 0.3 is 0 Å². The lowest BCUT2D eigenvalue weighted by atomic mass is 10.5. The molecule has 1 atom stereocenters. The van der Waals surface area contributed by atoms with Crippen molar-refractivity contribution in [2.45, 2.75) is 53.4 Å². The molecular weight excluding hydrogens is 382 g/mol. The molecular formula is C16H44O4P2S2. The highest BCUT2D eigenvalue weighted by atomic mass is 33.2. The average Bonchev–Trinajstić information content (AvgIpc) is 2.52. The van der Waals surface area contributed by atoms with Gasteiger partial charge in [0.15, 0.2) is 0 Å². The Morgan fingerprint density at radius 2 is 0.708 bits per heavy atom. The molecule has 0 aromatic heterocycles. The molecule has 24 heavy (non-hydrogen) atoms. The van der Waals surface area contributed by atoms with Crippen molar-refractivity contribution in [2.24, 2.45) is 0 Å². The zero-order valence-corrected chi connectivity index (χ0v) is 21.0. The van der Waals surface area contributed by atoms with Gasteiger partial charge in [-0.15, -0.1) is 24.5 Å². The van der Waals surface area contributed by atoms with Gasteiger partial charge in [0, 0.05) is 60.9 Å². The maximum atomic E-state index is 4.69. The van der Waals surface area contributed by atoms with Crippen LogP contribution in [0.2, 0.25) is 0 Å². The van der Waals surface area contributed by atoms with Crippen LogP contribution in [0, 0.1) is 0 Å². The highest BCUT2D eigenvalue weighted by Crippen LogP contribution is 2.53. The molecule has 0 amide bonds. The van der Waals surface area contributed by atoms with Crippen LogP contribution in [0.4, 0.5) is 0 Å². The van der Waals surface area contributed by atoms with E-state index in [4.69, 9.17) is 18.9 Å². The molecule has 0 rings (SSSR count). The van der Waals surface area contributed by atoms with E-state index in [1.165, 1.54) is 0 Å². The van der Waals surface area contributed by atoms with Gasteiger partial charge in [-0.2, -0.15) is 0 Å². The zero-order valence-electron chi connectivity index (χ0n) is 17.2. The van der Waals surface area contributed by atoms with Crippen LogP contribution in [0.15, 0.2) is 0 Å². The van der Waals surface area contributed by atoms with E-state index in [0.717, 1.165) is 52.1 Å².